The molecule has 0 unspecified atom stereocenters. The van der Waals surface area contributed by atoms with E-state index in [9.17, 15) is 13.6 Å². The average molecular weight is 485 g/mol. The highest BCUT2D eigenvalue weighted by molar-refractivity contribution is 5.77. The Morgan fingerprint density at radius 3 is 2.17 bits per heavy atom. The van der Waals surface area contributed by atoms with Gasteiger partial charge in [0.15, 0.2) is 11.6 Å². The number of hydrogen-bond donors (Lipinski definition) is 0. The van der Waals surface area contributed by atoms with Crippen LogP contribution in [0.3, 0.4) is 0 Å². The lowest BCUT2D eigenvalue weighted by Gasteiger charge is -2.36. The third-order valence-electron chi connectivity index (χ3n) is 6.13. The smallest absolute Gasteiger partial charge is 0.244 e. The quantitative estimate of drug-likeness (QED) is 0.426. The van der Waals surface area contributed by atoms with Gasteiger partial charge in [0, 0.05) is 43.0 Å². The highest BCUT2D eigenvalue weighted by atomic mass is 19.1. The van der Waals surface area contributed by atoms with E-state index < -0.39 is 0 Å². The first-order valence-corrected chi connectivity index (χ1v) is 11.5. The zero-order chi connectivity index (χ0) is 25.1. The Bertz CT molecular complexity index is 1420. The molecule has 1 aliphatic rings. The number of rotatable bonds is 5. The van der Waals surface area contributed by atoms with Crippen LogP contribution in [0, 0.1) is 23.0 Å². The number of aromatic nitrogens is 3. The fourth-order valence-corrected chi connectivity index (χ4v) is 4.20. The molecular formula is C27H22F2N6O. The largest absolute Gasteiger partial charge is 0.368 e. The monoisotopic (exact) mass is 484 g/mol. The first kappa shape index (κ1) is 23.2. The van der Waals surface area contributed by atoms with Gasteiger partial charge in [0.2, 0.25) is 5.91 Å². The lowest BCUT2D eigenvalue weighted by molar-refractivity contribution is -0.132. The van der Waals surface area contributed by atoms with Crippen molar-refractivity contribution in [3.05, 3.63) is 90.0 Å². The van der Waals surface area contributed by atoms with Crippen molar-refractivity contribution in [2.75, 3.05) is 31.1 Å². The number of hydrogen-bond acceptors (Lipinski definition) is 5. The molecule has 1 aromatic heterocycles. The van der Waals surface area contributed by atoms with Crippen molar-refractivity contribution in [2.24, 2.45) is 0 Å². The molecule has 2 heterocycles. The molecule has 4 aromatic rings. The summed E-state index contributed by atoms with van der Waals surface area (Å²) in [5.41, 5.74) is 2.79. The number of amides is 1. The van der Waals surface area contributed by atoms with E-state index in [1.165, 1.54) is 28.9 Å². The minimum Gasteiger partial charge on any atom is -0.368 e. The summed E-state index contributed by atoms with van der Waals surface area (Å²) >= 11 is 0. The van der Waals surface area contributed by atoms with Crippen LogP contribution in [0.1, 0.15) is 5.56 Å². The third-order valence-corrected chi connectivity index (χ3v) is 6.13. The van der Waals surface area contributed by atoms with Crippen molar-refractivity contribution >= 4 is 11.6 Å². The molecule has 0 N–H and O–H groups in total. The van der Waals surface area contributed by atoms with Gasteiger partial charge in [-0.25, -0.2) is 18.4 Å². The van der Waals surface area contributed by atoms with Gasteiger partial charge in [0.25, 0.3) is 0 Å². The second-order valence-electron chi connectivity index (χ2n) is 8.46. The SMILES string of the molecule is N#Cc1cccc(N2CCN(C(=O)Cn3nc(-c4ccc(F)cc4)nc3-c3ccc(F)cc3)CC2)c1. The Morgan fingerprint density at radius 1 is 0.889 bits per heavy atom. The molecule has 0 aliphatic carbocycles. The van der Waals surface area contributed by atoms with Crippen molar-refractivity contribution in [3.63, 3.8) is 0 Å². The molecule has 1 saturated heterocycles. The maximum Gasteiger partial charge on any atom is 0.244 e. The molecule has 1 aliphatic heterocycles. The molecule has 1 fully saturated rings. The summed E-state index contributed by atoms with van der Waals surface area (Å²) in [6.07, 6.45) is 0. The first-order valence-electron chi connectivity index (χ1n) is 11.5. The molecule has 180 valence electrons. The summed E-state index contributed by atoms with van der Waals surface area (Å²) in [5, 5.41) is 13.7. The number of nitriles is 1. The third kappa shape index (κ3) is 4.93. The maximum absolute atomic E-state index is 13.5. The van der Waals surface area contributed by atoms with Gasteiger partial charge in [-0.05, 0) is 66.7 Å². The zero-order valence-corrected chi connectivity index (χ0v) is 19.3. The van der Waals surface area contributed by atoms with E-state index in [0.29, 0.717) is 54.5 Å². The van der Waals surface area contributed by atoms with Gasteiger partial charge in [-0.15, -0.1) is 5.10 Å². The van der Waals surface area contributed by atoms with Crippen LogP contribution in [0.4, 0.5) is 14.5 Å². The molecule has 36 heavy (non-hydrogen) atoms. The molecule has 7 nitrogen and oxygen atoms in total. The Labute approximate surface area is 206 Å². The van der Waals surface area contributed by atoms with Crippen LogP contribution in [-0.4, -0.2) is 51.8 Å². The van der Waals surface area contributed by atoms with Crippen molar-refractivity contribution in [2.45, 2.75) is 6.54 Å². The van der Waals surface area contributed by atoms with Gasteiger partial charge in [0.05, 0.1) is 11.6 Å². The standard InChI is InChI=1S/C27H22F2N6O/c28-22-8-4-20(5-9-22)26-31-27(21-6-10-23(29)11-7-21)35(32-26)18-25(36)34-14-12-33(13-15-34)24-3-1-2-19(16-24)17-30/h1-11,16H,12-15,18H2. The minimum atomic E-state index is -0.377. The summed E-state index contributed by atoms with van der Waals surface area (Å²) < 4.78 is 28.4. The Morgan fingerprint density at radius 2 is 1.53 bits per heavy atom. The number of nitrogens with zero attached hydrogens (tertiary/aromatic N) is 6. The molecule has 1 amide bonds. The number of piperazine rings is 1. The Balaban J connectivity index is 1.34. The van der Waals surface area contributed by atoms with Gasteiger partial charge in [-0.2, -0.15) is 5.26 Å². The number of carbonyl (C=O) groups is 1. The maximum atomic E-state index is 13.5. The van der Waals surface area contributed by atoms with E-state index in [0.717, 1.165) is 5.69 Å². The van der Waals surface area contributed by atoms with E-state index >= 15 is 0 Å². The van der Waals surface area contributed by atoms with E-state index in [1.807, 2.05) is 18.2 Å². The van der Waals surface area contributed by atoms with Crippen molar-refractivity contribution in [3.8, 4) is 28.8 Å². The predicted molar refractivity (Wildman–Crippen MR) is 131 cm³/mol. The van der Waals surface area contributed by atoms with E-state index in [4.69, 9.17) is 5.26 Å². The van der Waals surface area contributed by atoms with Crippen LogP contribution in [0.2, 0.25) is 0 Å². The van der Waals surface area contributed by atoms with Crippen molar-refractivity contribution in [1.82, 2.24) is 19.7 Å². The summed E-state index contributed by atoms with van der Waals surface area (Å²) in [6.45, 7) is 2.31. The van der Waals surface area contributed by atoms with Crippen LogP contribution in [0.5, 0.6) is 0 Å². The van der Waals surface area contributed by atoms with Crippen LogP contribution >= 0.6 is 0 Å². The molecule has 5 rings (SSSR count). The summed E-state index contributed by atoms with van der Waals surface area (Å²) in [7, 11) is 0. The molecule has 9 heteroatoms. The van der Waals surface area contributed by atoms with E-state index in [1.54, 1.807) is 35.2 Å². The molecule has 3 aromatic carbocycles. The Hall–Kier alpha value is -4.58. The minimum absolute atomic E-state index is 0.0369. The van der Waals surface area contributed by atoms with Crippen LogP contribution in [0.15, 0.2) is 72.8 Å². The average Bonchev–Trinajstić information content (AvgIpc) is 3.33. The lowest BCUT2D eigenvalue weighted by atomic mass is 10.2. The topological polar surface area (TPSA) is 78.0 Å². The zero-order valence-electron chi connectivity index (χ0n) is 19.3. The molecule has 0 bridgehead atoms. The van der Waals surface area contributed by atoms with Crippen LogP contribution < -0.4 is 4.90 Å². The van der Waals surface area contributed by atoms with E-state index in [-0.39, 0.29) is 24.1 Å². The Kier molecular flexibility index (Phi) is 6.41. The molecule has 0 spiro atoms. The van der Waals surface area contributed by atoms with Gasteiger partial charge < -0.3 is 9.80 Å². The molecule has 0 saturated carbocycles. The highest BCUT2D eigenvalue weighted by Crippen LogP contribution is 2.24. The molecular weight excluding hydrogens is 462 g/mol. The van der Waals surface area contributed by atoms with Crippen LogP contribution in [0.25, 0.3) is 22.8 Å². The summed E-state index contributed by atoms with van der Waals surface area (Å²) in [4.78, 5) is 21.7. The fourth-order valence-electron chi connectivity index (χ4n) is 4.20. The van der Waals surface area contributed by atoms with Crippen LogP contribution in [-0.2, 0) is 11.3 Å². The summed E-state index contributed by atoms with van der Waals surface area (Å²) in [6, 6.07) is 21.2. The van der Waals surface area contributed by atoms with Gasteiger partial charge in [-0.1, -0.05) is 6.07 Å². The molecule has 0 radical (unpaired) electrons. The van der Waals surface area contributed by atoms with Crippen molar-refractivity contribution < 1.29 is 13.6 Å². The lowest BCUT2D eigenvalue weighted by Crippen LogP contribution is -2.49. The summed E-state index contributed by atoms with van der Waals surface area (Å²) in [5.74, 6) is -0.0817. The van der Waals surface area contributed by atoms with Crippen molar-refractivity contribution in [1.29, 1.82) is 5.26 Å². The number of anilines is 1. The van der Waals surface area contributed by atoms with Gasteiger partial charge in [0.1, 0.15) is 18.2 Å². The normalized spacial score (nSPS) is 13.5. The molecule has 0 atom stereocenters. The number of benzene rings is 3. The second kappa shape index (κ2) is 9.96. The first-order chi connectivity index (χ1) is 17.5. The predicted octanol–water partition coefficient (Wildman–Crippen LogP) is 4.11. The van der Waals surface area contributed by atoms with Gasteiger partial charge in [-0.3, -0.25) is 4.79 Å². The van der Waals surface area contributed by atoms with E-state index in [2.05, 4.69) is 21.1 Å². The number of carbonyl (C=O) groups excluding carboxylic acids is 1. The second-order valence-corrected chi connectivity index (χ2v) is 8.46. The highest BCUT2D eigenvalue weighted by Gasteiger charge is 2.24. The van der Waals surface area contributed by atoms with Gasteiger partial charge >= 0.3 is 0 Å². The number of halogens is 2. The fraction of sp³-hybridized carbons (Fsp3) is 0.185.